The smallest absolute Gasteiger partial charge is 0.231 e. The quantitative estimate of drug-likeness (QED) is 0.629. The molecule has 2 N–H and O–H groups in total. The number of aryl methyl sites for hydroxylation is 1. The summed E-state index contributed by atoms with van der Waals surface area (Å²) >= 11 is 0. The maximum absolute atomic E-state index is 5.40. The zero-order valence-electron chi connectivity index (χ0n) is 14.3. The van der Waals surface area contributed by atoms with Gasteiger partial charge in [-0.1, -0.05) is 30.3 Å². The van der Waals surface area contributed by atoms with Gasteiger partial charge in [-0.15, -0.1) is 0 Å². The molecule has 1 aliphatic rings. The van der Waals surface area contributed by atoms with Crippen LogP contribution in [-0.4, -0.2) is 23.3 Å². The van der Waals surface area contributed by atoms with Gasteiger partial charge in [-0.25, -0.2) is 9.97 Å². The largest absolute Gasteiger partial charge is 0.454 e. The Hall–Kier alpha value is -3.28. The van der Waals surface area contributed by atoms with E-state index >= 15 is 0 Å². The van der Waals surface area contributed by atoms with Crippen molar-refractivity contribution in [3.05, 3.63) is 66.5 Å². The van der Waals surface area contributed by atoms with Crippen molar-refractivity contribution in [1.29, 1.82) is 0 Å². The van der Waals surface area contributed by atoms with Gasteiger partial charge in [0.2, 0.25) is 6.79 Å². The summed E-state index contributed by atoms with van der Waals surface area (Å²) in [5, 5.41) is 6.61. The van der Waals surface area contributed by atoms with Crippen LogP contribution in [0, 0.1) is 0 Å². The van der Waals surface area contributed by atoms with Crippen LogP contribution < -0.4 is 20.1 Å². The summed E-state index contributed by atoms with van der Waals surface area (Å²) in [6.45, 7) is 1.12. The summed E-state index contributed by atoms with van der Waals surface area (Å²) in [5.41, 5.74) is 2.24. The molecule has 3 aromatic rings. The summed E-state index contributed by atoms with van der Waals surface area (Å²) in [6.07, 6.45) is 3.63. The van der Waals surface area contributed by atoms with Crippen LogP contribution in [0.15, 0.2) is 60.9 Å². The van der Waals surface area contributed by atoms with Gasteiger partial charge in [0.05, 0.1) is 0 Å². The normalized spacial score (nSPS) is 12.0. The SMILES string of the molecule is c1ccc(CCCNc2cc(Nc3ccc4c(c3)OCO4)ncn2)cc1. The van der Waals surface area contributed by atoms with Gasteiger partial charge in [0, 0.05) is 24.4 Å². The zero-order valence-corrected chi connectivity index (χ0v) is 14.3. The van der Waals surface area contributed by atoms with Crippen molar-refractivity contribution in [3.8, 4) is 11.5 Å². The number of hydrogen-bond acceptors (Lipinski definition) is 6. The van der Waals surface area contributed by atoms with Gasteiger partial charge < -0.3 is 20.1 Å². The van der Waals surface area contributed by atoms with E-state index in [1.165, 1.54) is 5.56 Å². The molecule has 1 aliphatic heterocycles. The Balaban J connectivity index is 1.31. The molecule has 0 amide bonds. The molecule has 2 aromatic carbocycles. The zero-order chi connectivity index (χ0) is 17.6. The average Bonchev–Trinajstić information content (AvgIpc) is 3.14. The predicted octanol–water partition coefficient (Wildman–Crippen LogP) is 3.99. The lowest BCUT2D eigenvalue weighted by Crippen LogP contribution is -2.05. The van der Waals surface area contributed by atoms with Crippen LogP contribution in [0.2, 0.25) is 0 Å². The van der Waals surface area contributed by atoms with Crippen LogP contribution in [0.5, 0.6) is 11.5 Å². The molecule has 1 aromatic heterocycles. The molecule has 6 heteroatoms. The van der Waals surface area contributed by atoms with E-state index in [1.54, 1.807) is 6.33 Å². The van der Waals surface area contributed by atoms with Gasteiger partial charge in [0.1, 0.15) is 18.0 Å². The van der Waals surface area contributed by atoms with E-state index in [1.807, 2.05) is 30.3 Å². The third kappa shape index (κ3) is 4.03. The second-order valence-corrected chi connectivity index (χ2v) is 6.00. The summed E-state index contributed by atoms with van der Waals surface area (Å²) in [4.78, 5) is 8.55. The Bertz CT molecular complexity index is 871. The molecule has 0 saturated carbocycles. The number of benzene rings is 2. The third-order valence-corrected chi connectivity index (χ3v) is 4.10. The Labute approximate surface area is 152 Å². The van der Waals surface area contributed by atoms with Gasteiger partial charge in [-0.05, 0) is 30.5 Å². The van der Waals surface area contributed by atoms with E-state index in [2.05, 4.69) is 44.9 Å². The van der Waals surface area contributed by atoms with Crippen molar-refractivity contribution in [1.82, 2.24) is 9.97 Å². The molecule has 0 spiro atoms. The molecule has 0 aliphatic carbocycles. The highest BCUT2D eigenvalue weighted by atomic mass is 16.7. The van der Waals surface area contributed by atoms with E-state index in [0.717, 1.165) is 48.2 Å². The number of hydrogen-bond donors (Lipinski definition) is 2. The fourth-order valence-corrected chi connectivity index (χ4v) is 2.80. The summed E-state index contributed by atoms with van der Waals surface area (Å²) < 4.78 is 10.7. The Morgan fingerprint density at radius 1 is 0.885 bits per heavy atom. The first-order valence-corrected chi connectivity index (χ1v) is 8.63. The van der Waals surface area contributed by atoms with E-state index in [9.17, 15) is 0 Å². The third-order valence-electron chi connectivity index (χ3n) is 4.10. The van der Waals surface area contributed by atoms with E-state index < -0.39 is 0 Å². The van der Waals surface area contributed by atoms with Gasteiger partial charge >= 0.3 is 0 Å². The fourth-order valence-electron chi connectivity index (χ4n) is 2.80. The standard InChI is InChI=1S/C20H20N4O2/c1-2-5-15(6-3-1)7-4-10-21-19-12-20(23-13-22-19)24-16-8-9-17-18(11-16)26-14-25-17/h1-3,5-6,8-9,11-13H,4,7,10,14H2,(H2,21,22,23,24). The summed E-state index contributed by atoms with van der Waals surface area (Å²) in [5.74, 6) is 3.03. The number of fused-ring (bicyclic) bond motifs is 1. The van der Waals surface area contributed by atoms with Crippen LogP contribution in [0.3, 0.4) is 0 Å². The average molecular weight is 348 g/mol. The molecule has 0 saturated heterocycles. The monoisotopic (exact) mass is 348 g/mol. The van der Waals surface area contributed by atoms with Crippen LogP contribution in [0.4, 0.5) is 17.3 Å². The minimum Gasteiger partial charge on any atom is -0.454 e. The topological polar surface area (TPSA) is 68.3 Å². The first-order chi connectivity index (χ1) is 12.9. The molecular weight excluding hydrogens is 328 g/mol. The van der Waals surface area contributed by atoms with Crippen molar-refractivity contribution in [2.45, 2.75) is 12.8 Å². The predicted molar refractivity (Wildman–Crippen MR) is 101 cm³/mol. The summed E-state index contributed by atoms with van der Waals surface area (Å²) in [7, 11) is 0. The Morgan fingerprint density at radius 2 is 1.73 bits per heavy atom. The van der Waals surface area contributed by atoms with Gasteiger partial charge in [-0.2, -0.15) is 0 Å². The molecule has 6 nitrogen and oxygen atoms in total. The lowest BCUT2D eigenvalue weighted by Gasteiger charge is -2.09. The van der Waals surface area contributed by atoms with Crippen molar-refractivity contribution in [2.75, 3.05) is 24.0 Å². The van der Waals surface area contributed by atoms with Crippen molar-refractivity contribution in [3.63, 3.8) is 0 Å². The van der Waals surface area contributed by atoms with Gasteiger partial charge in [0.15, 0.2) is 11.5 Å². The van der Waals surface area contributed by atoms with Crippen molar-refractivity contribution in [2.24, 2.45) is 0 Å². The Kier molecular flexibility index (Phi) is 4.82. The highest BCUT2D eigenvalue weighted by molar-refractivity contribution is 5.63. The number of nitrogens with one attached hydrogen (secondary N) is 2. The number of aromatic nitrogens is 2. The highest BCUT2D eigenvalue weighted by Crippen LogP contribution is 2.34. The second-order valence-electron chi connectivity index (χ2n) is 6.00. The molecule has 0 unspecified atom stereocenters. The molecule has 4 rings (SSSR count). The van der Waals surface area contributed by atoms with Crippen LogP contribution in [-0.2, 0) is 6.42 Å². The van der Waals surface area contributed by atoms with Gasteiger partial charge in [0.25, 0.3) is 0 Å². The molecule has 132 valence electrons. The van der Waals surface area contributed by atoms with Gasteiger partial charge in [-0.3, -0.25) is 0 Å². The van der Waals surface area contributed by atoms with Crippen molar-refractivity contribution >= 4 is 17.3 Å². The fraction of sp³-hybridized carbons (Fsp3) is 0.200. The Morgan fingerprint density at radius 3 is 2.65 bits per heavy atom. The first kappa shape index (κ1) is 16.2. The number of rotatable bonds is 7. The van der Waals surface area contributed by atoms with Crippen LogP contribution >= 0.6 is 0 Å². The lowest BCUT2D eigenvalue weighted by atomic mass is 10.1. The first-order valence-electron chi connectivity index (χ1n) is 8.63. The molecule has 26 heavy (non-hydrogen) atoms. The second kappa shape index (κ2) is 7.74. The van der Waals surface area contributed by atoms with Crippen LogP contribution in [0.1, 0.15) is 12.0 Å². The number of nitrogens with zero attached hydrogens (tertiary/aromatic N) is 2. The van der Waals surface area contributed by atoms with E-state index in [-0.39, 0.29) is 6.79 Å². The van der Waals surface area contributed by atoms with E-state index in [0.29, 0.717) is 0 Å². The maximum Gasteiger partial charge on any atom is 0.231 e. The number of ether oxygens (including phenoxy) is 2. The molecule has 2 heterocycles. The maximum atomic E-state index is 5.40. The van der Waals surface area contributed by atoms with E-state index in [4.69, 9.17) is 9.47 Å². The van der Waals surface area contributed by atoms with Crippen molar-refractivity contribution < 1.29 is 9.47 Å². The minimum absolute atomic E-state index is 0.267. The molecular formula is C20H20N4O2. The molecule has 0 bridgehead atoms. The number of anilines is 3. The minimum atomic E-state index is 0.267. The molecule has 0 atom stereocenters. The molecule has 0 fully saturated rings. The highest BCUT2D eigenvalue weighted by Gasteiger charge is 2.13. The molecule has 0 radical (unpaired) electrons. The summed E-state index contributed by atoms with van der Waals surface area (Å²) in [6, 6.07) is 18.1. The lowest BCUT2D eigenvalue weighted by molar-refractivity contribution is 0.174. The van der Waals surface area contributed by atoms with Crippen LogP contribution in [0.25, 0.3) is 0 Å².